The first-order valence-electron chi connectivity index (χ1n) is 5.58. The highest BCUT2D eigenvalue weighted by Gasteiger charge is 2.17. The molecule has 0 saturated carbocycles. The van der Waals surface area contributed by atoms with Crippen LogP contribution in [0.4, 0.5) is 8.78 Å². The van der Waals surface area contributed by atoms with Crippen LogP contribution < -0.4 is 5.32 Å². The zero-order valence-corrected chi connectivity index (χ0v) is 10.5. The molecule has 102 valence electrons. The molecule has 8 heteroatoms. The molecule has 0 aliphatic carbocycles. The van der Waals surface area contributed by atoms with Gasteiger partial charge in [-0.3, -0.25) is 9.48 Å². The van der Waals surface area contributed by atoms with Crippen molar-refractivity contribution in [2.45, 2.75) is 20.0 Å². The second-order valence-electron chi connectivity index (χ2n) is 4.00. The smallest absolute Gasteiger partial charge is 0.333 e. The highest BCUT2D eigenvalue weighted by atomic mass is 19.3. The van der Waals surface area contributed by atoms with Gasteiger partial charge < -0.3 is 5.32 Å². The third-order valence-corrected chi connectivity index (χ3v) is 2.86. The highest BCUT2D eigenvalue weighted by Crippen LogP contribution is 2.12. The second kappa shape index (κ2) is 5.17. The summed E-state index contributed by atoms with van der Waals surface area (Å²) in [4.78, 5) is 11.8. The predicted molar refractivity (Wildman–Crippen MR) is 62.6 cm³/mol. The van der Waals surface area contributed by atoms with E-state index in [1.54, 1.807) is 17.9 Å². The number of nitrogens with one attached hydrogen (secondary N) is 1. The minimum atomic E-state index is -2.84. The number of hydrogen-bond donors (Lipinski definition) is 1. The van der Waals surface area contributed by atoms with Crippen molar-refractivity contribution < 1.29 is 13.6 Å². The van der Waals surface area contributed by atoms with Gasteiger partial charge in [0.1, 0.15) is 5.69 Å². The number of alkyl halides is 2. The van der Waals surface area contributed by atoms with Crippen LogP contribution in [0.3, 0.4) is 0 Å². The van der Waals surface area contributed by atoms with Crippen molar-refractivity contribution >= 4 is 5.91 Å². The van der Waals surface area contributed by atoms with E-state index in [2.05, 4.69) is 15.5 Å². The van der Waals surface area contributed by atoms with Crippen LogP contribution >= 0.6 is 0 Å². The monoisotopic (exact) mass is 269 g/mol. The number of halogens is 2. The Hall–Kier alpha value is -2.25. The molecule has 0 aliphatic rings. The van der Waals surface area contributed by atoms with Crippen molar-refractivity contribution in [3.63, 3.8) is 0 Å². The number of carbonyl (C=O) groups excluding carboxylic acids is 1. The Morgan fingerprint density at radius 1 is 1.47 bits per heavy atom. The molecule has 0 unspecified atom stereocenters. The van der Waals surface area contributed by atoms with Crippen LogP contribution in [0.15, 0.2) is 18.5 Å². The van der Waals surface area contributed by atoms with Crippen molar-refractivity contribution in [1.82, 2.24) is 24.9 Å². The number of aromatic nitrogens is 4. The summed E-state index contributed by atoms with van der Waals surface area (Å²) in [6, 6.07) is 1.25. The maximum Gasteiger partial charge on any atom is 0.333 e. The Morgan fingerprint density at radius 3 is 2.79 bits per heavy atom. The summed E-state index contributed by atoms with van der Waals surface area (Å²) in [5.74, 6) is -0.596. The van der Waals surface area contributed by atoms with Gasteiger partial charge in [-0.25, -0.2) is 0 Å². The summed E-state index contributed by atoms with van der Waals surface area (Å²) in [6.45, 7) is -0.749. The van der Waals surface area contributed by atoms with Gasteiger partial charge in [0.2, 0.25) is 0 Å². The average Bonchev–Trinajstić information content (AvgIpc) is 2.96. The molecule has 19 heavy (non-hydrogen) atoms. The second-order valence-corrected chi connectivity index (χ2v) is 4.00. The Morgan fingerprint density at radius 2 is 2.21 bits per heavy atom. The maximum absolute atomic E-state index is 12.6. The average molecular weight is 269 g/mol. The number of hydrogen-bond acceptors (Lipinski definition) is 3. The third kappa shape index (κ3) is 2.61. The quantitative estimate of drug-likeness (QED) is 0.908. The standard InChI is InChI=1S/C11H13F2N5O/c1-7-8(6-16-17(7)2)5-14-10(19)9-3-4-15-18(9)11(12)13/h3-4,6,11H,5H2,1-2H3,(H,14,19). The van der Waals surface area contributed by atoms with E-state index in [0.29, 0.717) is 4.68 Å². The lowest BCUT2D eigenvalue weighted by Crippen LogP contribution is -2.26. The fraction of sp³-hybridized carbons (Fsp3) is 0.364. The molecule has 0 aliphatic heterocycles. The van der Waals surface area contributed by atoms with E-state index in [0.717, 1.165) is 17.5 Å². The summed E-state index contributed by atoms with van der Waals surface area (Å²) in [5.41, 5.74) is 1.57. The summed E-state index contributed by atoms with van der Waals surface area (Å²) < 4.78 is 27.2. The van der Waals surface area contributed by atoms with Crippen molar-refractivity contribution in [3.05, 3.63) is 35.4 Å². The maximum atomic E-state index is 12.6. The number of nitrogens with zero attached hydrogens (tertiary/aromatic N) is 4. The molecule has 2 rings (SSSR count). The number of aryl methyl sites for hydroxylation is 1. The van der Waals surface area contributed by atoms with Gasteiger partial charge in [-0.1, -0.05) is 0 Å². The molecule has 1 amide bonds. The van der Waals surface area contributed by atoms with Gasteiger partial charge in [-0.05, 0) is 13.0 Å². The van der Waals surface area contributed by atoms with Crippen molar-refractivity contribution in [2.24, 2.45) is 7.05 Å². The molecule has 0 atom stereocenters. The van der Waals surface area contributed by atoms with E-state index < -0.39 is 12.5 Å². The van der Waals surface area contributed by atoms with Crippen LogP contribution in [0.1, 0.15) is 28.3 Å². The fourth-order valence-corrected chi connectivity index (χ4v) is 1.63. The number of rotatable bonds is 4. The van der Waals surface area contributed by atoms with E-state index in [4.69, 9.17) is 0 Å². The molecular weight excluding hydrogens is 256 g/mol. The third-order valence-electron chi connectivity index (χ3n) is 2.86. The highest BCUT2D eigenvalue weighted by molar-refractivity contribution is 5.92. The van der Waals surface area contributed by atoms with Crippen molar-refractivity contribution in [1.29, 1.82) is 0 Å². The van der Waals surface area contributed by atoms with E-state index in [-0.39, 0.29) is 12.2 Å². The van der Waals surface area contributed by atoms with Gasteiger partial charge in [-0.15, -0.1) is 0 Å². The molecule has 2 heterocycles. The molecule has 2 aromatic heterocycles. The lowest BCUT2D eigenvalue weighted by molar-refractivity contribution is 0.0509. The number of carbonyl (C=O) groups is 1. The topological polar surface area (TPSA) is 64.7 Å². The van der Waals surface area contributed by atoms with Crippen LogP contribution in [0.5, 0.6) is 0 Å². The lowest BCUT2D eigenvalue weighted by atomic mass is 10.2. The molecule has 0 aromatic carbocycles. The molecule has 0 radical (unpaired) electrons. The molecule has 0 saturated heterocycles. The van der Waals surface area contributed by atoms with E-state index in [1.807, 2.05) is 6.92 Å². The Bertz CT molecular complexity index is 590. The molecule has 0 spiro atoms. The van der Waals surface area contributed by atoms with E-state index >= 15 is 0 Å². The fourth-order valence-electron chi connectivity index (χ4n) is 1.63. The summed E-state index contributed by atoms with van der Waals surface area (Å²) in [5, 5.41) is 10.00. The van der Waals surface area contributed by atoms with Gasteiger partial charge in [-0.2, -0.15) is 23.7 Å². The first kappa shape index (κ1) is 13.2. The Labute approximate surface area is 108 Å². The predicted octanol–water partition coefficient (Wildman–Crippen LogP) is 1.25. The first-order chi connectivity index (χ1) is 9.00. The van der Waals surface area contributed by atoms with Crippen LogP contribution in [0, 0.1) is 6.92 Å². The van der Waals surface area contributed by atoms with E-state index in [1.165, 1.54) is 6.07 Å². The van der Waals surface area contributed by atoms with Crippen LogP contribution in [-0.4, -0.2) is 25.5 Å². The number of amides is 1. The van der Waals surface area contributed by atoms with Gasteiger partial charge in [0, 0.05) is 31.0 Å². The molecular formula is C11H13F2N5O. The molecule has 1 N–H and O–H groups in total. The zero-order chi connectivity index (χ0) is 14.0. The Balaban J connectivity index is 2.06. The van der Waals surface area contributed by atoms with Crippen molar-refractivity contribution in [2.75, 3.05) is 0 Å². The van der Waals surface area contributed by atoms with Crippen LogP contribution in [0.25, 0.3) is 0 Å². The first-order valence-corrected chi connectivity index (χ1v) is 5.58. The summed E-state index contributed by atoms with van der Waals surface area (Å²) >= 11 is 0. The van der Waals surface area contributed by atoms with Gasteiger partial charge in [0.25, 0.3) is 5.91 Å². The molecule has 0 bridgehead atoms. The largest absolute Gasteiger partial charge is 0.347 e. The Kier molecular flexibility index (Phi) is 3.59. The van der Waals surface area contributed by atoms with Gasteiger partial charge >= 0.3 is 6.55 Å². The summed E-state index contributed by atoms with van der Waals surface area (Å²) in [6.07, 6.45) is 2.79. The van der Waals surface area contributed by atoms with Gasteiger partial charge in [0.05, 0.1) is 6.20 Å². The molecule has 6 nitrogen and oxygen atoms in total. The van der Waals surface area contributed by atoms with Gasteiger partial charge in [0.15, 0.2) is 0 Å². The summed E-state index contributed by atoms with van der Waals surface area (Å²) in [7, 11) is 1.78. The minimum Gasteiger partial charge on any atom is -0.347 e. The van der Waals surface area contributed by atoms with Crippen LogP contribution in [0.2, 0.25) is 0 Å². The molecule has 2 aromatic rings. The van der Waals surface area contributed by atoms with E-state index in [9.17, 15) is 13.6 Å². The molecule has 0 fully saturated rings. The lowest BCUT2D eigenvalue weighted by Gasteiger charge is -2.07. The normalized spacial score (nSPS) is 11.0. The SMILES string of the molecule is Cc1c(CNC(=O)c2ccnn2C(F)F)cnn1C. The minimum absolute atomic E-state index is 0.170. The zero-order valence-electron chi connectivity index (χ0n) is 10.5. The van der Waals surface area contributed by atoms with Crippen LogP contribution in [-0.2, 0) is 13.6 Å². The van der Waals surface area contributed by atoms with Crippen molar-refractivity contribution in [3.8, 4) is 0 Å².